The Balaban J connectivity index is 2.22. The number of hydrogen-bond donors (Lipinski definition) is 0. The molecule has 2 aromatic rings. The van der Waals surface area contributed by atoms with Crippen molar-refractivity contribution in [1.29, 1.82) is 0 Å². The third kappa shape index (κ3) is 3.31. The lowest BCUT2D eigenvalue weighted by atomic mass is 10.2. The van der Waals surface area contributed by atoms with Crippen molar-refractivity contribution >= 4 is 6.29 Å². The van der Waals surface area contributed by atoms with E-state index < -0.39 is 0 Å². The van der Waals surface area contributed by atoms with Crippen LogP contribution < -0.4 is 18.9 Å². The first-order chi connectivity index (χ1) is 10.7. The molecule has 0 radical (unpaired) electrons. The van der Waals surface area contributed by atoms with Crippen LogP contribution in [0.2, 0.25) is 0 Å². The fraction of sp³-hybridized carbons (Fsp3) is 0.235. The summed E-state index contributed by atoms with van der Waals surface area (Å²) < 4.78 is 21.6. The van der Waals surface area contributed by atoms with E-state index in [2.05, 4.69) is 0 Å². The molecule has 116 valence electrons. The van der Waals surface area contributed by atoms with E-state index in [4.69, 9.17) is 18.9 Å². The van der Waals surface area contributed by atoms with Gasteiger partial charge in [-0.25, -0.2) is 0 Å². The van der Waals surface area contributed by atoms with E-state index in [0.717, 1.165) is 11.8 Å². The average molecular weight is 302 g/mol. The van der Waals surface area contributed by atoms with Crippen LogP contribution in [0.3, 0.4) is 0 Å². The van der Waals surface area contributed by atoms with Crippen LogP contribution in [0, 0.1) is 0 Å². The molecule has 0 heterocycles. The Morgan fingerprint density at radius 2 is 1.68 bits per heavy atom. The van der Waals surface area contributed by atoms with Crippen molar-refractivity contribution in [3.63, 3.8) is 0 Å². The molecule has 0 aliphatic heterocycles. The summed E-state index contributed by atoms with van der Waals surface area (Å²) in [7, 11) is 4.70. The summed E-state index contributed by atoms with van der Waals surface area (Å²) in [5.41, 5.74) is 1.38. The van der Waals surface area contributed by atoms with E-state index in [1.54, 1.807) is 32.4 Å². The summed E-state index contributed by atoms with van der Waals surface area (Å²) in [6, 6.07) is 10.6. The lowest BCUT2D eigenvalue weighted by Crippen LogP contribution is -2.02. The van der Waals surface area contributed by atoms with Crippen LogP contribution in [0.5, 0.6) is 23.0 Å². The van der Waals surface area contributed by atoms with Gasteiger partial charge in [-0.2, -0.15) is 0 Å². The highest BCUT2D eigenvalue weighted by Gasteiger charge is 2.11. The van der Waals surface area contributed by atoms with Gasteiger partial charge in [-0.1, -0.05) is 12.1 Å². The number of rotatable bonds is 7. The number of carbonyl (C=O) groups is 1. The van der Waals surface area contributed by atoms with Crippen LogP contribution in [0.25, 0.3) is 0 Å². The van der Waals surface area contributed by atoms with Gasteiger partial charge in [-0.3, -0.25) is 4.79 Å². The minimum absolute atomic E-state index is 0.289. The number of ether oxygens (including phenoxy) is 4. The number of carbonyl (C=O) groups excluding carboxylic acids is 1. The Hall–Kier alpha value is -2.69. The zero-order valence-corrected chi connectivity index (χ0v) is 12.8. The topological polar surface area (TPSA) is 54.0 Å². The SMILES string of the molecule is COc1cc(C=O)ccc1OCc1cccc(OC)c1OC. The Morgan fingerprint density at radius 1 is 0.909 bits per heavy atom. The molecule has 0 saturated carbocycles. The van der Waals surface area contributed by atoms with Gasteiger partial charge in [0.25, 0.3) is 0 Å². The second-order valence-electron chi connectivity index (χ2n) is 4.47. The lowest BCUT2D eigenvalue weighted by Gasteiger charge is -2.14. The van der Waals surface area contributed by atoms with Gasteiger partial charge in [0.15, 0.2) is 23.0 Å². The first-order valence-corrected chi connectivity index (χ1v) is 6.69. The van der Waals surface area contributed by atoms with E-state index in [0.29, 0.717) is 28.6 Å². The van der Waals surface area contributed by atoms with Crippen LogP contribution in [0.1, 0.15) is 15.9 Å². The highest BCUT2D eigenvalue weighted by molar-refractivity contribution is 5.76. The van der Waals surface area contributed by atoms with E-state index in [9.17, 15) is 4.79 Å². The molecule has 0 saturated heterocycles. The molecular weight excluding hydrogens is 284 g/mol. The van der Waals surface area contributed by atoms with Crippen molar-refractivity contribution in [1.82, 2.24) is 0 Å². The van der Waals surface area contributed by atoms with Crippen LogP contribution in [0.4, 0.5) is 0 Å². The highest BCUT2D eigenvalue weighted by Crippen LogP contribution is 2.33. The maximum Gasteiger partial charge on any atom is 0.167 e. The van der Waals surface area contributed by atoms with Crippen LogP contribution in [-0.4, -0.2) is 27.6 Å². The predicted molar refractivity (Wildman–Crippen MR) is 82.3 cm³/mol. The van der Waals surface area contributed by atoms with Crippen molar-refractivity contribution < 1.29 is 23.7 Å². The molecule has 5 heteroatoms. The number of aldehydes is 1. The molecule has 0 unspecified atom stereocenters. The fourth-order valence-electron chi connectivity index (χ4n) is 2.10. The minimum atomic E-state index is 0.289. The summed E-state index contributed by atoms with van der Waals surface area (Å²) in [6.45, 7) is 0.289. The minimum Gasteiger partial charge on any atom is -0.493 e. The lowest BCUT2D eigenvalue weighted by molar-refractivity contribution is 0.112. The standard InChI is InChI=1S/C17H18O5/c1-19-15-6-4-5-13(17(15)21-3)11-22-14-8-7-12(10-18)9-16(14)20-2/h4-10H,11H2,1-3H3. The van der Waals surface area contributed by atoms with Gasteiger partial charge in [-0.15, -0.1) is 0 Å². The molecule has 0 aliphatic rings. The Labute approximate surface area is 129 Å². The number of para-hydroxylation sites is 1. The molecule has 0 atom stereocenters. The van der Waals surface area contributed by atoms with E-state index in [1.807, 2.05) is 18.2 Å². The average Bonchev–Trinajstić information content (AvgIpc) is 2.59. The van der Waals surface area contributed by atoms with Gasteiger partial charge in [0, 0.05) is 11.1 Å². The van der Waals surface area contributed by atoms with Crippen molar-refractivity contribution in [3.05, 3.63) is 47.5 Å². The van der Waals surface area contributed by atoms with Crippen LogP contribution in [0.15, 0.2) is 36.4 Å². The van der Waals surface area contributed by atoms with Gasteiger partial charge in [-0.05, 0) is 24.3 Å². The third-order valence-corrected chi connectivity index (χ3v) is 3.19. The van der Waals surface area contributed by atoms with E-state index >= 15 is 0 Å². The molecule has 0 aromatic heterocycles. The first kappa shape index (κ1) is 15.7. The quantitative estimate of drug-likeness (QED) is 0.736. The van der Waals surface area contributed by atoms with E-state index in [1.165, 1.54) is 7.11 Å². The molecule has 0 bridgehead atoms. The summed E-state index contributed by atoms with van der Waals surface area (Å²) in [4.78, 5) is 10.8. The Kier molecular flexibility index (Phi) is 5.25. The number of methoxy groups -OCH3 is 3. The number of benzene rings is 2. The second-order valence-corrected chi connectivity index (χ2v) is 4.47. The Bertz CT molecular complexity index is 651. The van der Waals surface area contributed by atoms with Crippen molar-refractivity contribution in [2.24, 2.45) is 0 Å². The molecule has 0 N–H and O–H groups in total. The van der Waals surface area contributed by atoms with Gasteiger partial charge in [0.05, 0.1) is 21.3 Å². The summed E-state index contributed by atoms with van der Waals surface area (Å²) in [5, 5.41) is 0. The second kappa shape index (κ2) is 7.36. The normalized spacial score (nSPS) is 9.95. The van der Waals surface area contributed by atoms with Crippen molar-refractivity contribution in [3.8, 4) is 23.0 Å². The molecule has 22 heavy (non-hydrogen) atoms. The van der Waals surface area contributed by atoms with Crippen molar-refractivity contribution in [2.75, 3.05) is 21.3 Å². The molecular formula is C17H18O5. The zero-order valence-electron chi connectivity index (χ0n) is 12.8. The maximum absolute atomic E-state index is 10.8. The van der Waals surface area contributed by atoms with Crippen LogP contribution in [-0.2, 0) is 6.61 Å². The van der Waals surface area contributed by atoms with Crippen LogP contribution >= 0.6 is 0 Å². The maximum atomic E-state index is 10.8. The van der Waals surface area contributed by atoms with Gasteiger partial charge >= 0.3 is 0 Å². The monoisotopic (exact) mass is 302 g/mol. The van der Waals surface area contributed by atoms with Crippen molar-refractivity contribution in [2.45, 2.75) is 6.61 Å². The first-order valence-electron chi connectivity index (χ1n) is 6.69. The van der Waals surface area contributed by atoms with E-state index in [-0.39, 0.29) is 6.61 Å². The fourth-order valence-corrected chi connectivity index (χ4v) is 2.10. The molecule has 0 fully saturated rings. The summed E-state index contributed by atoms with van der Waals surface area (Å²) in [5.74, 6) is 2.34. The molecule has 2 aromatic carbocycles. The van der Waals surface area contributed by atoms with Gasteiger partial charge < -0.3 is 18.9 Å². The number of hydrogen-bond acceptors (Lipinski definition) is 5. The molecule has 2 rings (SSSR count). The zero-order chi connectivity index (χ0) is 15.9. The summed E-state index contributed by atoms with van der Waals surface area (Å²) in [6.07, 6.45) is 0.761. The third-order valence-electron chi connectivity index (χ3n) is 3.19. The largest absolute Gasteiger partial charge is 0.493 e. The smallest absolute Gasteiger partial charge is 0.167 e. The molecule has 0 spiro atoms. The summed E-state index contributed by atoms with van der Waals surface area (Å²) >= 11 is 0. The predicted octanol–water partition coefficient (Wildman–Crippen LogP) is 3.10. The molecule has 0 aliphatic carbocycles. The Morgan fingerprint density at radius 3 is 2.32 bits per heavy atom. The molecule has 0 amide bonds. The molecule has 5 nitrogen and oxygen atoms in total. The highest BCUT2D eigenvalue weighted by atomic mass is 16.5. The van der Waals surface area contributed by atoms with Gasteiger partial charge in [0.1, 0.15) is 12.9 Å². The van der Waals surface area contributed by atoms with Gasteiger partial charge in [0.2, 0.25) is 0 Å².